The smallest absolute Gasteiger partial charge is 0.217 e. The summed E-state index contributed by atoms with van der Waals surface area (Å²) >= 11 is 0. The second-order valence-electron chi connectivity index (χ2n) is 4.10. The molecule has 1 aromatic carbocycles. The van der Waals surface area contributed by atoms with Crippen LogP contribution in [0.3, 0.4) is 0 Å². The predicted octanol–water partition coefficient (Wildman–Crippen LogP) is 2.30. The third-order valence-electron chi connectivity index (χ3n) is 2.60. The first kappa shape index (κ1) is 11.8. The van der Waals surface area contributed by atoms with Crippen LogP contribution in [0.25, 0.3) is 0 Å². The Bertz CT molecular complexity index is 308. The van der Waals surface area contributed by atoms with E-state index in [9.17, 15) is 4.79 Å². The van der Waals surface area contributed by atoms with Gasteiger partial charge in [-0.25, -0.2) is 0 Å². The van der Waals surface area contributed by atoms with Crippen LogP contribution < -0.4 is 5.73 Å². The van der Waals surface area contributed by atoms with Gasteiger partial charge in [-0.15, -0.1) is 0 Å². The lowest BCUT2D eigenvalue weighted by atomic mass is 10.1. The van der Waals surface area contributed by atoms with Crippen LogP contribution in [0.2, 0.25) is 0 Å². The summed E-state index contributed by atoms with van der Waals surface area (Å²) in [4.78, 5) is 9.59. The second-order valence-corrected chi connectivity index (χ2v) is 4.10. The molecule has 0 fully saturated rings. The molecular weight excluding hydrogens is 186 g/mol. The minimum Gasteiger partial charge on any atom is -0.370 e. The summed E-state index contributed by atoms with van der Waals surface area (Å²) < 4.78 is 0. The van der Waals surface area contributed by atoms with Crippen LogP contribution in [0.1, 0.15) is 31.4 Å². The molecule has 2 rings (SSSR count). The fraction of sp³-hybridized carbons (Fsp3) is 0.462. The Morgan fingerprint density at radius 2 is 1.73 bits per heavy atom. The molecule has 1 aliphatic rings. The summed E-state index contributed by atoms with van der Waals surface area (Å²) in [5, 5.41) is 0. The molecule has 0 saturated carbocycles. The van der Waals surface area contributed by atoms with Gasteiger partial charge < -0.3 is 5.73 Å². The monoisotopic (exact) mass is 205 g/mol. The van der Waals surface area contributed by atoms with Gasteiger partial charge in [-0.05, 0) is 29.9 Å². The van der Waals surface area contributed by atoms with Crippen molar-refractivity contribution in [3.8, 4) is 0 Å². The minimum absolute atomic E-state index is 0.245. The summed E-state index contributed by atoms with van der Waals surface area (Å²) in [5.74, 6) is 0.627. The van der Waals surface area contributed by atoms with Crippen LogP contribution in [0.15, 0.2) is 24.3 Å². The van der Waals surface area contributed by atoms with Gasteiger partial charge in [0.1, 0.15) is 0 Å². The van der Waals surface area contributed by atoms with E-state index in [1.807, 2.05) is 0 Å². The Morgan fingerprint density at radius 1 is 1.33 bits per heavy atom. The average Bonchev–Trinajstić information content (AvgIpc) is 2.58. The van der Waals surface area contributed by atoms with Crippen LogP contribution in [0, 0.1) is 5.92 Å². The fourth-order valence-corrected chi connectivity index (χ4v) is 1.78. The summed E-state index contributed by atoms with van der Waals surface area (Å²) in [7, 11) is 0. The molecule has 0 saturated heterocycles. The van der Waals surface area contributed by atoms with Gasteiger partial charge in [0, 0.05) is 6.42 Å². The van der Waals surface area contributed by atoms with Crippen molar-refractivity contribution in [1.82, 2.24) is 0 Å². The van der Waals surface area contributed by atoms with Gasteiger partial charge in [0.15, 0.2) is 0 Å². The number of primary amides is 1. The van der Waals surface area contributed by atoms with Gasteiger partial charge in [-0.1, -0.05) is 38.1 Å². The Balaban J connectivity index is 0.000000195. The predicted molar refractivity (Wildman–Crippen MR) is 62.5 cm³/mol. The SMILES string of the molecule is CC1Cc2ccccc2C1.CCC(N)=O. The van der Waals surface area contributed by atoms with Crippen molar-refractivity contribution in [1.29, 1.82) is 0 Å². The molecule has 2 nitrogen and oxygen atoms in total. The molecule has 1 aromatic rings. The topological polar surface area (TPSA) is 43.1 Å². The molecule has 0 aromatic heterocycles. The van der Waals surface area contributed by atoms with Gasteiger partial charge in [0.05, 0.1) is 0 Å². The van der Waals surface area contributed by atoms with Crippen molar-refractivity contribution < 1.29 is 4.79 Å². The van der Waals surface area contributed by atoms with Crippen molar-refractivity contribution in [2.45, 2.75) is 33.1 Å². The van der Waals surface area contributed by atoms with E-state index in [1.54, 1.807) is 18.1 Å². The van der Waals surface area contributed by atoms with Crippen LogP contribution >= 0.6 is 0 Å². The molecule has 0 aliphatic heterocycles. The van der Waals surface area contributed by atoms with Crippen molar-refractivity contribution in [3.63, 3.8) is 0 Å². The number of amides is 1. The Kier molecular flexibility index (Phi) is 4.35. The van der Waals surface area contributed by atoms with E-state index < -0.39 is 0 Å². The quantitative estimate of drug-likeness (QED) is 0.751. The number of hydrogen-bond acceptors (Lipinski definition) is 1. The molecule has 0 radical (unpaired) electrons. The van der Waals surface area contributed by atoms with Gasteiger partial charge in [-0.3, -0.25) is 4.79 Å². The number of nitrogens with two attached hydrogens (primary N) is 1. The summed E-state index contributed by atoms with van der Waals surface area (Å²) in [5.41, 5.74) is 7.78. The number of carbonyl (C=O) groups is 1. The van der Waals surface area contributed by atoms with E-state index in [0.717, 1.165) is 5.92 Å². The Hall–Kier alpha value is -1.31. The van der Waals surface area contributed by atoms with Crippen LogP contribution in [0.5, 0.6) is 0 Å². The lowest BCUT2D eigenvalue weighted by Crippen LogP contribution is -2.06. The maximum atomic E-state index is 9.59. The molecule has 1 aliphatic carbocycles. The molecule has 0 heterocycles. The number of carbonyl (C=O) groups excluding carboxylic acids is 1. The van der Waals surface area contributed by atoms with Crippen molar-refractivity contribution >= 4 is 5.91 Å². The standard InChI is InChI=1S/C10H12.C3H7NO/c1-8-6-9-4-2-3-5-10(9)7-8;1-2-3(4)5/h2-5,8H,6-7H2,1H3;2H2,1H3,(H2,4,5). The largest absolute Gasteiger partial charge is 0.370 e. The summed E-state index contributed by atoms with van der Waals surface area (Å²) in [6.45, 7) is 4.04. The van der Waals surface area contributed by atoms with Crippen LogP contribution in [-0.2, 0) is 17.6 Å². The van der Waals surface area contributed by atoms with E-state index in [1.165, 1.54) is 12.8 Å². The first-order chi connectivity index (χ1) is 7.13. The number of hydrogen-bond donors (Lipinski definition) is 1. The van der Waals surface area contributed by atoms with E-state index >= 15 is 0 Å². The highest BCUT2D eigenvalue weighted by Crippen LogP contribution is 2.25. The number of rotatable bonds is 1. The van der Waals surface area contributed by atoms with Gasteiger partial charge in [0.2, 0.25) is 5.91 Å². The molecule has 0 atom stereocenters. The zero-order chi connectivity index (χ0) is 11.3. The number of fused-ring (bicyclic) bond motifs is 1. The zero-order valence-corrected chi connectivity index (χ0v) is 9.49. The molecule has 2 N–H and O–H groups in total. The Labute approximate surface area is 91.5 Å². The maximum Gasteiger partial charge on any atom is 0.217 e. The Morgan fingerprint density at radius 3 is 2.07 bits per heavy atom. The second kappa shape index (κ2) is 5.54. The fourth-order valence-electron chi connectivity index (χ4n) is 1.78. The highest BCUT2D eigenvalue weighted by atomic mass is 16.1. The zero-order valence-electron chi connectivity index (χ0n) is 9.49. The van der Waals surface area contributed by atoms with Crippen molar-refractivity contribution in [3.05, 3.63) is 35.4 Å². The summed E-state index contributed by atoms with van der Waals surface area (Å²) in [6, 6.07) is 8.77. The first-order valence-corrected chi connectivity index (χ1v) is 5.48. The molecule has 15 heavy (non-hydrogen) atoms. The molecule has 0 spiro atoms. The van der Waals surface area contributed by atoms with E-state index in [-0.39, 0.29) is 5.91 Å². The molecule has 2 heteroatoms. The average molecular weight is 205 g/mol. The first-order valence-electron chi connectivity index (χ1n) is 5.48. The molecule has 0 bridgehead atoms. The molecule has 1 amide bonds. The van der Waals surface area contributed by atoms with Gasteiger partial charge >= 0.3 is 0 Å². The van der Waals surface area contributed by atoms with Crippen LogP contribution in [0.4, 0.5) is 0 Å². The molecule has 82 valence electrons. The lowest BCUT2D eigenvalue weighted by Gasteiger charge is -1.93. The van der Waals surface area contributed by atoms with E-state index in [2.05, 4.69) is 36.9 Å². The number of benzene rings is 1. The van der Waals surface area contributed by atoms with Gasteiger partial charge in [0.25, 0.3) is 0 Å². The van der Waals surface area contributed by atoms with Gasteiger partial charge in [-0.2, -0.15) is 0 Å². The molecular formula is C13H19NO. The normalized spacial score (nSPS) is 14.0. The van der Waals surface area contributed by atoms with E-state index in [4.69, 9.17) is 0 Å². The third-order valence-corrected chi connectivity index (χ3v) is 2.60. The van der Waals surface area contributed by atoms with Crippen molar-refractivity contribution in [2.24, 2.45) is 11.7 Å². The third kappa shape index (κ3) is 3.74. The lowest BCUT2D eigenvalue weighted by molar-refractivity contribution is -0.117. The minimum atomic E-state index is -0.245. The highest BCUT2D eigenvalue weighted by Gasteiger charge is 2.15. The molecule has 0 unspecified atom stereocenters. The van der Waals surface area contributed by atoms with Crippen molar-refractivity contribution in [2.75, 3.05) is 0 Å². The summed E-state index contributed by atoms with van der Waals surface area (Å²) in [6.07, 6.45) is 3.02. The van der Waals surface area contributed by atoms with E-state index in [0.29, 0.717) is 6.42 Å². The van der Waals surface area contributed by atoms with Crippen LogP contribution in [-0.4, -0.2) is 5.91 Å². The highest BCUT2D eigenvalue weighted by molar-refractivity contribution is 5.73. The maximum absolute atomic E-state index is 9.59.